The number of aryl methyl sites for hydroxylation is 2. The largest absolute Gasteiger partial charge is 0.363 e. The van der Waals surface area contributed by atoms with Crippen molar-refractivity contribution in [1.82, 2.24) is 20.4 Å². The molecule has 150 valence electrons. The van der Waals surface area contributed by atoms with Crippen LogP contribution < -0.4 is 15.5 Å². The van der Waals surface area contributed by atoms with Crippen LogP contribution in [0.4, 0.5) is 5.00 Å². The summed E-state index contributed by atoms with van der Waals surface area (Å²) in [5, 5.41) is 15.0. The zero-order valence-corrected chi connectivity index (χ0v) is 19.8. The third-order valence-corrected chi connectivity index (χ3v) is 5.98. The summed E-state index contributed by atoms with van der Waals surface area (Å²) >= 11 is 1.82. The molecule has 3 heterocycles. The van der Waals surface area contributed by atoms with Gasteiger partial charge in [0.15, 0.2) is 5.96 Å². The van der Waals surface area contributed by atoms with Crippen LogP contribution in [0, 0.1) is 13.8 Å². The number of aromatic nitrogens is 2. The average Bonchev–Trinajstić information content (AvgIpc) is 3.24. The molecule has 0 spiro atoms. The zero-order chi connectivity index (χ0) is 18.5. The van der Waals surface area contributed by atoms with Gasteiger partial charge in [0, 0.05) is 44.0 Å². The first-order valence-corrected chi connectivity index (χ1v) is 10.3. The van der Waals surface area contributed by atoms with Crippen molar-refractivity contribution in [2.45, 2.75) is 46.2 Å². The fourth-order valence-electron chi connectivity index (χ4n) is 3.41. The molecule has 27 heavy (non-hydrogen) atoms. The van der Waals surface area contributed by atoms with E-state index in [4.69, 9.17) is 4.99 Å². The van der Waals surface area contributed by atoms with E-state index < -0.39 is 0 Å². The molecule has 2 aromatic heterocycles. The van der Waals surface area contributed by atoms with Gasteiger partial charge in [0.2, 0.25) is 0 Å². The second kappa shape index (κ2) is 10.3. The van der Waals surface area contributed by atoms with Gasteiger partial charge in [-0.25, -0.2) is 4.99 Å². The molecule has 1 saturated heterocycles. The van der Waals surface area contributed by atoms with Crippen molar-refractivity contribution in [3.63, 3.8) is 0 Å². The van der Waals surface area contributed by atoms with Crippen molar-refractivity contribution in [3.05, 3.63) is 34.5 Å². The number of piperidine rings is 1. The molecule has 0 saturated carbocycles. The van der Waals surface area contributed by atoms with Crippen molar-refractivity contribution in [2.24, 2.45) is 12.0 Å². The number of aliphatic imine (C=N–C) groups is 1. The van der Waals surface area contributed by atoms with Gasteiger partial charge in [-0.1, -0.05) is 0 Å². The van der Waals surface area contributed by atoms with Gasteiger partial charge >= 0.3 is 0 Å². The van der Waals surface area contributed by atoms with Gasteiger partial charge in [-0.15, -0.1) is 35.3 Å². The van der Waals surface area contributed by atoms with Gasteiger partial charge in [-0.05, 0) is 51.1 Å². The Balaban J connectivity index is 0.00000261. The lowest BCUT2D eigenvalue weighted by atomic mass is 10.1. The number of thiophene rings is 1. The molecule has 1 fully saturated rings. The van der Waals surface area contributed by atoms with Crippen LogP contribution in [-0.4, -0.2) is 41.4 Å². The number of nitrogens with zero attached hydrogens (tertiary/aromatic N) is 4. The number of hydrogen-bond donors (Lipinski definition) is 2. The van der Waals surface area contributed by atoms with Crippen LogP contribution in [0.2, 0.25) is 0 Å². The van der Waals surface area contributed by atoms with Crippen molar-refractivity contribution >= 4 is 46.3 Å². The maximum Gasteiger partial charge on any atom is 0.191 e. The zero-order valence-electron chi connectivity index (χ0n) is 16.7. The second-order valence-electron chi connectivity index (χ2n) is 6.83. The summed E-state index contributed by atoms with van der Waals surface area (Å²) in [6.07, 6.45) is 2.26. The van der Waals surface area contributed by atoms with E-state index >= 15 is 0 Å². The minimum absolute atomic E-state index is 0. The molecule has 2 aromatic rings. The lowest BCUT2D eigenvalue weighted by molar-refractivity contribution is 0.463. The predicted molar refractivity (Wildman–Crippen MR) is 126 cm³/mol. The minimum Gasteiger partial charge on any atom is -0.363 e. The fraction of sp³-hybridized carbons (Fsp3) is 0.579. The predicted octanol–water partition coefficient (Wildman–Crippen LogP) is 3.44. The molecule has 3 rings (SSSR count). The molecule has 0 aromatic carbocycles. The van der Waals surface area contributed by atoms with Crippen LogP contribution in [-0.2, 0) is 13.6 Å². The molecule has 8 heteroatoms. The van der Waals surface area contributed by atoms with E-state index in [-0.39, 0.29) is 24.0 Å². The molecule has 0 unspecified atom stereocenters. The third-order valence-electron chi connectivity index (χ3n) is 5.05. The molecule has 0 bridgehead atoms. The van der Waals surface area contributed by atoms with E-state index in [2.05, 4.69) is 58.9 Å². The lowest BCUT2D eigenvalue weighted by Crippen LogP contribution is -2.48. The summed E-state index contributed by atoms with van der Waals surface area (Å²) in [6, 6.07) is 4.81. The molecule has 0 amide bonds. The molecule has 1 aliphatic heterocycles. The molecule has 6 nitrogen and oxygen atoms in total. The molecule has 0 radical (unpaired) electrons. The Labute approximate surface area is 183 Å². The van der Waals surface area contributed by atoms with E-state index in [1.54, 1.807) is 0 Å². The highest BCUT2D eigenvalue weighted by Gasteiger charge is 2.20. The Hall–Kier alpha value is -1.29. The highest BCUT2D eigenvalue weighted by atomic mass is 127. The average molecular weight is 502 g/mol. The highest BCUT2D eigenvalue weighted by Crippen LogP contribution is 2.24. The number of nitrogens with one attached hydrogen (secondary N) is 2. The minimum atomic E-state index is 0. The number of halogens is 1. The number of rotatable bonds is 5. The first-order chi connectivity index (χ1) is 12.6. The maximum atomic E-state index is 4.81. The Kier molecular flexibility index (Phi) is 8.40. The maximum absolute atomic E-state index is 4.81. The summed E-state index contributed by atoms with van der Waals surface area (Å²) in [5.41, 5.74) is 3.47. The van der Waals surface area contributed by atoms with Crippen LogP contribution >= 0.6 is 35.3 Å². The SMILES string of the molecule is CCNC(=NCc1c(C)nn(C)c1C)NC1CCN(c2cccs2)CC1.I. The standard InChI is InChI=1S/C19H30N6S.HI/c1-5-20-19(21-13-17-14(2)23-24(4)15(17)3)22-16-8-10-25(11-9-16)18-7-6-12-26-18;/h6-7,12,16H,5,8-11,13H2,1-4H3,(H2,20,21,22);1H. The highest BCUT2D eigenvalue weighted by molar-refractivity contribution is 14.0. The smallest absolute Gasteiger partial charge is 0.191 e. The van der Waals surface area contributed by atoms with Gasteiger partial charge < -0.3 is 15.5 Å². The van der Waals surface area contributed by atoms with Gasteiger partial charge in [-0.3, -0.25) is 4.68 Å². The van der Waals surface area contributed by atoms with Crippen molar-refractivity contribution < 1.29 is 0 Å². The number of hydrogen-bond acceptors (Lipinski definition) is 4. The van der Waals surface area contributed by atoms with E-state index in [9.17, 15) is 0 Å². The number of anilines is 1. The van der Waals surface area contributed by atoms with E-state index in [1.807, 2.05) is 23.1 Å². The van der Waals surface area contributed by atoms with Gasteiger partial charge in [0.05, 0.1) is 17.2 Å². The quantitative estimate of drug-likeness (QED) is 0.374. The molecular formula is C19H31IN6S. The molecular weight excluding hydrogens is 471 g/mol. The normalized spacial score (nSPS) is 15.6. The van der Waals surface area contributed by atoms with E-state index in [1.165, 1.54) is 16.3 Å². The first-order valence-electron chi connectivity index (χ1n) is 9.40. The molecule has 2 N–H and O–H groups in total. The van der Waals surface area contributed by atoms with E-state index in [0.29, 0.717) is 12.6 Å². The molecule has 0 aliphatic carbocycles. The number of guanidine groups is 1. The van der Waals surface area contributed by atoms with Crippen LogP contribution in [0.3, 0.4) is 0 Å². The van der Waals surface area contributed by atoms with Crippen molar-refractivity contribution in [3.8, 4) is 0 Å². The topological polar surface area (TPSA) is 57.5 Å². The van der Waals surface area contributed by atoms with Crippen LogP contribution in [0.15, 0.2) is 22.5 Å². The van der Waals surface area contributed by atoms with Crippen molar-refractivity contribution in [1.29, 1.82) is 0 Å². The lowest BCUT2D eigenvalue weighted by Gasteiger charge is -2.33. The Morgan fingerprint density at radius 3 is 2.63 bits per heavy atom. The summed E-state index contributed by atoms with van der Waals surface area (Å²) in [5.74, 6) is 0.907. The monoisotopic (exact) mass is 502 g/mol. The summed E-state index contributed by atoms with van der Waals surface area (Å²) in [4.78, 5) is 7.29. The molecule has 0 atom stereocenters. The molecule has 1 aliphatic rings. The Bertz CT molecular complexity index is 732. The van der Waals surface area contributed by atoms with Crippen LogP contribution in [0.25, 0.3) is 0 Å². The van der Waals surface area contributed by atoms with Gasteiger partial charge in [-0.2, -0.15) is 5.10 Å². The summed E-state index contributed by atoms with van der Waals surface area (Å²) in [6.45, 7) is 9.98. The van der Waals surface area contributed by atoms with E-state index in [0.717, 1.165) is 44.1 Å². The fourth-order valence-corrected chi connectivity index (χ4v) is 4.20. The Morgan fingerprint density at radius 1 is 1.33 bits per heavy atom. The van der Waals surface area contributed by atoms with Gasteiger partial charge in [0.25, 0.3) is 0 Å². The Morgan fingerprint density at radius 2 is 2.07 bits per heavy atom. The van der Waals surface area contributed by atoms with Crippen LogP contribution in [0.5, 0.6) is 0 Å². The van der Waals surface area contributed by atoms with Gasteiger partial charge in [0.1, 0.15) is 0 Å². The van der Waals surface area contributed by atoms with Crippen molar-refractivity contribution in [2.75, 3.05) is 24.5 Å². The first kappa shape index (κ1) is 22.0. The van der Waals surface area contributed by atoms with Crippen LogP contribution in [0.1, 0.15) is 36.7 Å². The summed E-state index contributed by atoms with van der Waals surface area (Å²) in [7, 11) is 1.99. The second-order valence-corrected chi connectivity index (χ2v) is 7.75. The summed E-state index contributed by atoms with van der Waals surface area (Å²) < 4.78 is 1.93. The third kappa shape index (κ3) is 5.60.